The predicted octanol–water partition coefficient (Wildman–Crippen LogP) is 1.81. The van der Waals surface area contributed by atoms with Crippen molar-refractivity contribution < 1.29 is 14.6 Å². The zero-order chi connectivity index (χ0) is 13.1. The van der Waals surface area contributed by atoms with Crippen LogP contribution in [0.4, 0.5) is 0 Å². The number of unbranched alkanes of at least 4 members (excludes halogenated alkanes) is 3. The zero-order valence-corrected chi connectivity index (χ0v) is 11.4. The van der Waals surface area contributed by atoms with Crippen LogP contribution in [0.2, 0.25) is 0 Å². The molecule has 0 aliphatic carbocycles. The van der Waals surface area contributed by atoms with Gasteiger partial charge in [-0.1, -0.05) is 12.8 Å². The van der Waals surface area contributed by atoms with E-state index >= 15 is 0 Å². The van der Waals surface area contributed by atoms with Crippen LogP contribution in [-0.4, -0.2) is 48.3 Å². The molecule has 0 radical (unpaired) electrons. The molecule has 0 heterocycles. The van der Waals surface area contributed by atoms with Crippen molar-refractivity contribution in [2.75, 3.05) is 26.3 Å². The van der Waals surface area contributed by atoms with Gasteiger partial charge in [-0.05, 0) is 40.2 Å². The van der Waals surface area contributed by atoms with Crippen molar-refractivity contribution in [3.8, 4) is 0 Å². The fourth-order valence-electron chi connectivity index (χ4n) is 1.67. The minimum atomic E-state index is -0.142. The number of ether oxygens (including phenoxy) is 1. The summed E-state index contributed by atoms with van der Waals surface area (Å²) in [6.07, 6.45) is 4.10. The number of carbonyl (C=O) groups excluding carboxylic acids is 1. The molecule has 0 rings (SSSR count). The van der Waals surface area contributed by atoms with E-state index in [-0.39, 0.29) is 12.6 Å². The van der Waals surface area contributed by atoms with Crippen LogP contribution in [-0.2, 0) is 9.53 Å². The lowest BCUT2D eigenvalue weighted by Gasteiger charge is -2.25. The van der Waals surface area contributed by atoms with Crippen LogP contribution in [0.3, 0.4) is 0 Å². The Hall–Kier alpha value is -0.610. The summed E-state index contributed by atoms with van der Waals surface area (Å²) in [5.41, 5.74) is 0. The maximum Gasteiger partial charge on any atom is 0.320 e. The van der Waals surface area contributed by atoms with Crippen LogP contribution < -0.4 is 0 Å². The first kappa shape index (κ1) is 16.4. The summed E-state index contributed by atoms with van der Waals surface area (Å²) < 4.78 is 4.95. The third-order valence-corrected chi connectivity index (χ3v) is 2.72. The third kappa shape index (κ3) is 9.12. The fraction of sp³-hybridized carbons (Fsp3) is 0.923. The van der Waals surface area contributed by atoms with Crippen LogP contribution in [0.15, 0.2) is 0 Å². The number of hydrogen-bond donors (Lipinski definition) is 1. The van der Waals surface area contributed by atoms with E-state index in [1.807, 2.05) is 6.92 Å². The molecule has 0 spiro atoms. The Morgan fingerprint density at radius 2 is 1.88 bits per heavy atom. The minimum Gasteiger partial charge on any atom is -0.465 e. The highest BCUT2D eigenvalue weighted by atomic mass is 16.5. The van der Waals surface area contributed by atoms with Gasteiger partial charge in [0.05, 0.1) is 13.2 Å². The lowest BCUT2D eigenvalue weighted by molar-refractivity contribution is -0.144. The van der Waals surface area contributed by atoms with Gasteiger partial charge in [0.25, 0.3) is 0 Å². The number of carbonyl (C=O) groups is 1. The summed E-state index contributed by atoms with van der Waals surface area (Å²) >= 11 is 0. The van der Waals surface area contributed by atoms with E-state index in [1.54, 1.807) is 0 Å². The Kier molecular flexibility index (Phi) is 10.2. The van der Waals surface area contributed by atoms with Gasteiger partial charge in [0.2, 0.25) is 0 Å². The number of hydrogen-bond acceptors (Lipinski definition) is 4. The van der Waals surface area contributed by atoms with Gasteiger partial charge in [0, 0.05) is 12.6 Å². The van der Waals surface area contributed by atoms with Gasteiger partial charge < -0.3 is 9.84 Å². The van der Waals surface area contributed by atoms with Crippen molar-refractivity contribution in [3.63, 3.8) is 0 Å². The topological polar surface area (TPSA) is 49.8 Å². The smallest absolute Gasteiger partial charge is 0.320 e. The highest BCUT2D eigenvalue weighted by molar-refractivity contribution is 5.71. The molecular formula is C13H27NO3. The molecule has 0 saturated heterocycles. The molecule has 102 valence electrons. The van der Waals surface area contributed by atoms with E-state index in [9.17, 15) is 4.79 Å². The molecule has 1 N–H and O–H groups in total. The third-order valence-electron chi connectivity index (χ3n) is 2.72. The van der Waals surface area contributed by atoms with Crippen LogP contribution >= 0.6 is 0 Å². The Balaban J connectivity index is 3.78. The molecule has 0 unspecified atom stereocenters. The van der Waals surface area contributed by atoms with Crippen LogP contribution in [0, 0.1) is 0 Å². The molecule has 0 aromatic carbocycles. The van der Waals surface area contributed by atoms with Crippen molar-refractivity contribution in [2.24, 2.45) is 0 Å². The zero-order valence-electron chi connectivity index (χ0n) is 11.4. The predicted molar refractivity (Wildman–Crippen MR) is 68.9 cm³/mol. The Morgan fingerprint density at radius 1 is 1.24 bits per heavy atom. The molecule has 0 fully saturated rings. The normalized spacial score (nSPS) is 11.2. The second-order valence-corrected chi connectivity index (χ2v) is 4.51. The molecule has 0 aliphatic rings. The van der Waals surface area contributed by atoms with E-state index in [1.165, 1.54) is 0 Å². The molecule has 17 heavy (non-hydrogen) atoms. The Labute approximate surface area is 105 Å². The van der Waals surface area contributed by atoms with E-state index in [4.69, 9.17) is 9.84 Å². The maximum atomic E-state index is 11.4. The number of aliphatic hydroxyl groups is 1. The van der Waals surface area contributed by atoms with Gasteiger partial charge in [-0.2, -0.15) is 0 Å². The molecule has 0 bridgehead atoms. The van der Waals surface area contributed by atoms with Crippen LogP contribution in [0.5, 0.6) is 0 Å². The summed E-state index contributed by atoms with van der Waals surface area (Å²) in [6, 6.07) is 0.359. The van der Waals surface area contributed by atoms with E-state index in [2.05, 4.69) is 18.7 Å². The van der Waals surface area contributed by atoms with Gasteiger partial charge in [-0.25, -0.2) is 0 Å². The van der Waals surface area contributed by atoms with Gasteiger partial charge in [-0.3, -0.25) is 9.69 Å². The van der Waals surface area contributed by atoms with Crippen molar-refractivity contribution in [3.05, 3.63) is 0 Å². The van der Waals surface area contributed by atoms with Crippen molar-refractivity contribution in [2.45, 2.75) is 52.5 Å². The van der Waals surface area contributed by atoms with Crippen molar-refractivity contribution >= 4 is 5.97 Å². The van der Waals surface area contributed by atoms with Crippen LogP contribution in [0.1, 0.15) is 46.5 Å². The van der Waals surface area contributed by atoms with E-state index in [0.29, 0.717) is 19.2 Å². The summed E-state index contributed by atoms with van der Waals surface area (Å²) in [5, 5.41) is 8.67. The van der Waals surface area contributed by atoms with E-state index in [0.717, 1.165) is 32.2 Å². The van der Waals surface area contributed by atoms with Crippen molar-refractivity contribution in [1.82, 2.24) is 4.90 Å². The standard InChI is InChI=1S/C13H27NO3/c1-4-17-13(16)11-14(12(2)3)9-7-5-6-8-10-15/h12,15H,4-11H2,1-3H3. The number of aliphatic hydroxyl groups excluding tert-OH is 1. The second-order valence-electron chi connectivity index (χ2n) is 4.51. The summed E-state index contributed by atoms with van der Waals surface area (Å²) in [5.74, 6) is -0.142. The monoisotopic (exact) mass is 245 g/mol. The molecule has 4 nitrogen and oxygen atoms in total. The largest absolute Gasteiger partial charge is 0.465 e. The number of esters is 1. The Bertz CT molecular complexity index is 195. The van der Waals surface area contributed by atoms with E-state index < -0.39 is 0 Å². The highest BCUT2D eigenvalue weighted by Crippen LogP contribution is 2.05. The summed E-state index contributed by atoms with van der Waals surface area (Å²) in [7, 11) is 0. The van der Waals surface area contributed by atoms with Gasteiger partial charge >= 0.3 is 5.97 Å². The Morgan fingerprint density at radius 3 is 2.41 bits per heavy atom. The lowest BCUT2D eigenvalue weighted by Crippen LogP contribution is -2.37. The first-order valence-electron chi connectivity index (χ1n) is 6.62. The first-order chi connectivity index (χ1) is 8.11. The second kappa shape index (κ2) is 10.5. The molecule has 0 aromatic rings. The number of rotatable bonds is 10. The molecular weight excluding hydrogens is 218 g/mol. The molecule has 0 amide bonds. The molecule has 0 saturated carbocycles. The highest BCUT2D eigenvalue weighted by Gasteiger charge is 2.13. The SMILES string of the molecule is CCOC(=O)CN(CCCCCCO)C(C)C. The quantitative estimate of drug-likeness (QED) is 0.471. The molecule has 0 atom stereocenters. The molecule has 0 aliphatic heterocycles. The van der Waals surface area contributed by atoms with Gasteiger partial charge in [-0.15, -0.1) is 0 Å². The average molecular weight is 245 g/mol. The minimum absolute atomic E-state index is 0.142. The molecule has 4 heteroatoms. The van der Waals surface area contributed by atoms with Gasteiger partial charge in [0.1, 0.15) is 0 Å². The maximum absolute atomic E-state index is 11.4. The summed E-state index contributed by atoms with van der Waals surface area (Å²) in [4.78, 5) is 13.5. The fourth-order valence-corrected chi connectivity index (χ4v) is 1.67. The molecule has 0 aromatic heterocycles. The number of nitrogens with zero attached hydrogens (tertiary/aromatic N) is 1. The average Bonchev–Trinajstić information content (AvgIpc) is 2.27. The van der Waals surface area contributed by atoms with Gasteiger partial charge in [0.15, 0.2) is 0 Å². The first-order valence-corrected chi connectivity index (χ1v) is 6.62. The van der Waals surface area contributed by atoms with Crippen LogP contribution in [0.25, 0.3) is 0 Å². The summed E-state index contributed by atoms with van der Waals surface area (Å²) in [6.45, 7) is 8.03. The van der Waals surface area contributed by atoms with Crippen molar-refractivity contribution in [1.29, 1.82) is 0 Å². The lowest BCUT2D eigenvalue weighted by atomic mass is 10.2.